The highest BCUT2D eigenvalue weighted by molar-refractivity contribution is 5.96. The van der Waals surface area contributed by atoms with Crippen LogP contribution in [0.1, 0.15) is 11.8 Å². The summed E-state index contributed by atoms with van der Waals surface area (Å²) in [5.41, 5.74) is 6.10. The van der Waals surface area contributed by atoms with E-state index in [1.807, 2.05) is 42.5 Å². The summed E-state index contributed by atoms with van der Waals surface area (Å²) in [6.07, 6.45) is 5.77. The van der Waals surface area contributed by atoms with Gasteiger partial charge < -0.3 is 20.5 Å². The lowest BCUT2D eigenvalue weighted by atomic mass is 10.1. The molecule has 41 heavy (non-hydrogen) atoms. The van der Waals surface area contributed by atoms with Gasteiger partial charge in [-0.2, -0.15) is 5.10 Å². The molecule has 7 aromatic rings. The van der Waals surface area contributed by atoms with Crippen molar-refractivity contribution >= 4 is 27.8 Å². The van der Waals surface area contributed by atoms with Gasteiger partial charge in [0, 0.05) is 46.9 Å². The van der Waals surface area contributed by atoms with Crippen LogP contribution in [-0.4, -0.2) is 45.3 Å². The van der Waals surface area contributed by atoms with Crippen LogP contribution in [0.25, 0.3) is 56.0 Å². The predicted molar refractivity (Wildman–Crippen MR) is 152 cm³/mol. The largest absolute Gasteiger partial charge is 0.508 e. The minimum atomic E-state index is -0.891. The van der Waals surface area contributed by atoms with E-state index >= 15 is 0 Å². The zero-order valence-electron chi connectivity index (χ0n) is 21.2. The zero-order chi connectivity index (χ0) is 27.9. The van der Waals surface area contributed by atoms with Gasteiger partial charge in [0.05, 0.1) is 28.5 Å². The number of aliphatic hydroxyl groups is 1. The Labute approximate surface area is 231 Å². The summed E-state index contributed by atoms with van der Waals surface area (Å²) in [4.78, 5) is 21.3. The number of aromatic hydroxyl groups is 1. The van der Waals surface area contributed by atoms with Gasteiger partial charge in [0.25, 0.3) is 0 Å². The molecule has 1 unspecified atom stereocenters. The van der Waals surface area contributed by atoms with Crippen LogP contribution in [0.5, 0.6) is 5.75 Å². The van der Waals surface area contributed by atoms with Crippen LogP contribution in [0.15, 0.2) is 91.5 Å². The molecule has 0 aliphatic rings. The van der Waals surface area contributed by atoms with E-state index in [1.54, 1.807) is 30.9 Å². The number of aromatic amines is 2. The summed E-state index contributed by atoms with van der Waals surface area (Å²) in [6.45, 7) is 0. The summed E-state index contributed by atoms with van der Waals surface area (Å²) < 4.78 is 14.0. The average molecular weight is 545 g/mol. The van der Waals surface area contributed by atoms with Crippen LogP contribution in [0.4, 0.5) is 10.1 Å². The monoisotopic (exact) mass is 544 g/mol. The number of halogens is 1. The maximum absolute atomic E-state index is 14.0. The highest BCUT2D eigenvalue weighted by Crippen LogP contribution is 2.33. The molecule has 0 aliphatic carbocycles. The number of pyridine rings is 3. The lowest BCUT2D eigenvalue weighted by Crippen LogP contribution is -2.09. The quantitative estimate of drug-likeness (QED) is 0.171. The first-order valence-corrected chi connectivity index (χ1v) is 12.7. The highest BCUT2D eigenvalue weighted by Gasteiger charge is 2.18. The molecule has 200 valence electrons. The average Bonchev–Trinajstić information content (AvgIpc) is 3.61. The van der Waals surface area contributed by atoms with Gasteiger partial charge in [0.2, 0.25) is 0 Å². The van der Waals surface area contributed by atoms with Gasteiger partial charge in [-0.05, 0) is 30.3 Å². The summed E-state index contributed by atoms with van der Waals surface area (Å²) in [6, 6.07) is 18.7. The number of hydrogen-bond donors (Lipinski definition) is 5. The van der Waals surface area contributed by atoms with Crippen LogP contribution in [-0.2, 0) is 0 Å². The number of phenols is 1. The lowest BCUT2D eigenvalue weighted by molar-refractivity contribution is 0.208. The smallest absolute Gasteiger partial charge is 0.181 e. The van der Waals surface area contributed by atoms with Gasteiger partial charge >= 0.3 is 0 Å². The number of fused-ring (bicyclic) bond motifs is 2. The van der Waals surface area contributed by atoms with E-state index in [9.17, 15) is 14.6 Å². The van der Waals surface area contributed by atoms with Gasteiger partial charge in [-0.1, -0.05) is 30.3 Å². The Morgan fingerprint density at radius 1 is 0.878 bits per heavy atom. The van der Waals surface area contributed by atoms with Crippen molar-refractivity contribution in [2.75, 3.05) is 5.32 Å². The van der Waals surface area contributed by atoms with Crippen LogP contribution in [0.3, 0.4) is 0 Å². The first-order chi connectivity index (χ1) is 20.0. The van der Waals surface area contributed by atoms with E-state index in [-0.39, 0.29) is 5.75 Å². The van der Waals surface area contributed by atoms with Crippen molar-refractivity contribution < 1.29 is 14.6 Å². The van der Waals surface area contributed by atoms with Crippen molar-refractivity contribution in [3.8, 4) is 39.7 Å². The molecular weight excluding hydrogens is 523 g/mol. The third kappa shape index (κ3) is 4.60. The number of imidazole rings is 1. The number of nitrogens with zero attached hydrogens (tertiary/aromatic N) is 5. The Morgan fingerprint density at radius 3 is 2.59 bits per heavy atom. The summed E-state index contributed by atoms with van der Waals surface area (Å²) in [7, 11) is 0. The lowest BCUT2D eigenvalue weighted by Gasteiger charge is -2.15. The van der Waals surface area contributed by atoms with Crippen molar-refractivity contribution in [1.29, 1.82) is 0 Å². The van der Waals surface area contributed by atoms with Crippen LogP contribution < -0.4 is 5.32 Å². The maximum Gasteiger partial charge on any atom is 0.181 e. The van der Waals surface area contributed by atoms with Crippen LogP contribution >= 0.6 is 0 Å². The standard InChI is InChI=1S/C30H21FN8O2/c31-20-8-17(10-22(40)12-20)25-27-24(6-7-33-25)36-29(37-27)26-23-11-19(14-34-28(23)39-38-26)18-9-21(15-32-13-18)35-30(41)16-4-2-1-3-5-16/h1-15,30,35,40-41H,(H,36,37)(H,34,38,39). The van der Waals surface area contributed by atoms with Gasteiger partial charge in [0.15, 0.2) is 17.7 Å². The molecule has 5 N–H and O–H groups in total. The molecule has 0 aliphatic heterocycles. The minimum Gasteiger partial charge on any atom is -0.508 e. The molecule has 7 rings (SSSR count). The number of aliphatic hydroxyl groups excluding tert-OH is 1. The summed E-state index contributed by atoms with van der Waals surface area (Å²) in [5, 5.41) is 31.6. The molecule has 0 spiro atoms. The highest BCUT2D eigenvalue weighted by atomic mass is 19.1. The van der Waals surface area contributed by atoms with E-state index in [4.69, 9.17) is 4.98 Å². The van der Waals surface area contributed by atoms with Crippen LogP contribution in [0, 0.1) is 5.82 Å². The number of rotatable bonds is 6. The van der Waals surface area contributed by atoms with E-state index in [0.29, 0.717) is 45.1 Å². The van der Waals surface area contributed by atoms with Crippen molar-refractivity contribution in [2.24, 2.45) is 0 Å². The first-order valence-electron chi connectivity index (χ1n) is 12.7. The molecule has 0 amide bonds. The number of hydrogen-bond acceptors (Lipinski definition) is 8. The van der Waals surface area contributed by atoms with Crippen LogP contribution in [0.2, 0.25) is 0 Å². The van der Waals surface area contributed by atoms with E-state index < -0.39 is 12.0 Å². The molecule has 10 nitrogen and oxygen atoms in total. The number of anilines is 1. The van der Waals surface area contributed by atoms with E-state index in [0.717, 1.165) is 28.1 Å². The Bertz CT molecular complexity index is 2020. The number of H-pyrrole nitrogens is 2. The maximum atomic E-state index is 14.0. The second-order valence-electron chi connectivity index (χ2n) is 9.45. The predicted octanol–water partition coefficient (Wildman–Crippen LogP) is 5.57. The molecule has 1 atom stereocenters. The zero-order valence-corrected chi connectivity index (χ0v) is 21.2. The minimum absolute atomic E-state index is 0.198. The Balaban J connectivity index is 1.25. The number of phenolic OH excluding ortho intramolecular Hbond substituents is 1. The Hall–Kier alpha value is -5.68. The molecular formula is C30H21FN8O2. The molecule has 0 saturated heterocycles. The van der Waals surface area contributed by atoms with Crippen molar-refractivity contribution in [1.82, 2.24) is 35.1 Å². The third-order valence-corrected chi connectivity index (χ3v) is 6.69. The Kier molecular flexibility index (Phi) is 5.83. The summed E-state index contributed by atoms with van der Waals surface area (Å²) >= 11 is 0. The molecule has 0 bridgehead atoms. The van der Waals surface area contributed by atoms with Crippen molar-refractivity contribution in [3.05, 3.63) is 103 Å². The SMILES string of the molecule is Oc1cc(F)cc(-c2nccc3[nH]c(-c4[nH]nc5ncc(-c6cncc(NC(O)c7ccccc7)c6)cc45)nc23)c1. The normalized spacial score (nSPS) is 12.1. The molecule has 2 aromatic carbocycles. The van der Waals surface area contributed by atoms with Gasteiger partial charge in [0.1, 0.15) is 22.8 Å². The molecule has 0 radical (unpaired) electrons. The number of nitrogens with one attached hydrogen (secondary N) is 3. The van der Waals surface area contributed by atoms with Gasteiger partial charge in [-0.3, -0.25) is 15.1 Å². The third-order valence-electron chi connectivity index (χ3n) is 6.69. The molecule has 5 aromatic heterocycles. The van der Waals surface area contributed by atoms with Gasteiger partial charge in [-0.15, -0.1) is 0 Å². The molecule has 0 fully saturated rings. The topological polar surface area (TPSA) is 149 Å². The molecule has 0 saturated carbocycles. The molecule has 5 heterocycles. The Morgan fingerprint density at radius 2 is 1.73 bits per heavy atom. The van der Waals surface area contributed by atoms with Crippen molar-refractivity contribution in [3.63, 3.8) is 0 Å². The van der Waals surface area contributed by atoms with E-state index in [2.05, 4.69) is 35.5 Å². The fraction of sp³-hybridized carbons (Fsp3) is 0.0333. The fourth-order valence-corrected chi connectivity index (χ4v) is 4.77. The first kappa shape index (κ1) is 24.4. The van der Waals surface area contributed by atoms with Crippen molar-refractivity contribution in [2.45, 2.75) is 6.23 Å². The van der Waals surface area contributed by atoms with Gasteiger partial charge in [-0.25, -0.2) is 14.4 Å². The number of aromatic nitrogens is 7. The number of benzene rings is 2. The summed E-state index contributed by atoms with van der Waals surface area (Å²) in [5.74, 6) is -0.275. The second-order valence-corrected chi connectivity index (χ2v) is 9.45. The second kappa shape index (κ2) is 9.81. The fourth-order valence-electron chi connectivity index (χ4n) is 4.77. The van der Waals surface area contributed by atoms with E-state index in [1.165, 1.54) is 12.1 Å². The molecule has 11 heteroatoms.